The fourth-order valence-corrected chi connectivity index (χ4v) is 0.927. The van der Waals surface area contributed by atoms with Gasteiger partial charge in [-0.15, -0.1) is 0 Å². The monoisotopic (exact) mass is 168 g/mol. The minimum atomic E-state index is 0.222. The maximum absolute atomic E-state index is 5.75. The molecule has 0 spiro atoms. The summed E-state index contributed by atoms with van der Waals surface area (Å²) in [6.07, 6.45) is 2.75. The lowest BCUT2D eigenvalue weighted by Crippen LogP contribution is -2.28. The number of hydrogen-bond acceptors (Lipinski definition) is 3. The number of rotatable bonds is 4. The van der Waals surface area contributed by atoms with Gasteiger partial charge < -0.3 is 11.1 Å². The Labute approximate surface area is 72.8 Å². The smallest absolute Gasteiger partial charge is 0.123 e. The van der Waals surface area contributed by atoms with Crippen LogP contribution in [0.5, 0.6) is 0 Å². The topological polar surface area (TPSA) is 55.9 Å². The molecule has 0 amide bonds. The van der Waals surface area contributed by atoms with E-state index in [0.29, 0.717) is 0 Å². The van der Waals surface area contributed by atoms with Crippen molar-refractivity contribution in [2.45, 2.75) is 19.4 Å². The van der Waals surface area contributed by atoms with Crippen molar-refractivity contribution in [3.63, 3.8) is 0 Å². The third-order valence-electron chi connectivity index (χ3n) is 1.89. The Balaban J connectivity index is 2.38. The zero-order valence-electron chi connectivity index (χ0n) is 7.62. The molecule has 1 aromatic heterocycles. The van der Waals surface area contributed by atoms with E-state index < -0.39 is 0 Å². The van der Waals surface area contributed by atoms with Crippen LogP contribution in [0.2, 0.25) is 0 Å². The zero-order chi connectivity index (χ0) is 8.97. The van der Waals surface area contributed by atoms with E-state index in [1.807, 2.05) is 13.1 Å². The van der Waals surface area contributed by atoms with Crippen molar-refractivity contribution in [1.82, 2.24) is 9.78 Å². The molecule has 1 atom stereocenters. The lowest BCUT2D eigenvalue weighted by molar-refractivity contribution is 0.670. The van der Waals surface area contributed by atoms with E-state index in [2.05, 4.69) is 17.3 Å². The number of nitrogens with one attached hydrogen (secondary N) is 1. The molecule has 0 aliphatic carbocycles. The van der Waals surface area contributed by atoms with Gasteiger partial charge in [-0.1, -0.05) is 6.92 Å². The third kappa shape index (κ3) is 2.23. The molecule has 4 nitrogen and oxygen atoms in total. The molecule has 1 aromatic rings. The summed E-state index contributed by atoms with van der Waals surface area (Å²) in [5.74, 6) is 1.01. The van der Waals surface area contributed by atoms with Crippen molar-refractivity contribution >= 4 is 5.82 Å². The van der Waals surface area contributed by atoms with Crippen LogP contribution in [0.4, 0.5) is 5.82 Å². The van der Waals surface area contributed by atoms with Crippen LogP contribution < -0.4 is 11.1 Å². The molecule has 0 aromatic carbocycles. The lowest BCUT2D eigenvalue weighted by Gasteiger charge is -2.10. The van der Waals surface area contributed by atoms with Crippen molar-refractivity contribution in [3.05, 3.63) is 12.3 Å². The molecule has 1 unspecified atom stereocenters. The third-order valence-corrected chi connectivity index (χ3v) is 1.89. The van der Waals surface area contributed by atoms with Crippen LogP contribution >= 0.6 is 0 Å². The van der Waals surface area contributed by atoms with Gasteiger partial charge in [-0.2, -0.15) is 5.10 Å². The molecule has 0 fully saturated rings. The van der Waals surface area contributed by atoms with Gasteiger partial charge in [-0.05, 0) is 6.42 Å². The van der Waals surface area contributed by atoms with E-state index in [9.17, 15) is 0 Å². The Morgan fingerprint density at radius 3 is 3.00 bits per heavy atom. The summed E-state index contributed by atoms with van der Waals surface area (Å²) < 4.78 is 1.79. The molecule has 1 heterocycles. The highest BCUT2D eigenvalue weighted by Crippen LogP contribution is 2.02. The van der Waals surface area contributed by atoms with Gasteiger partial charge in [0, 0.05) is 25.7 Å². The zero-order valence-corrected chi connectivity index (χ0v) is 7.62. The molecular weight excluding hydrogens is 152 g/mol. The average Bonchev–Trinajstić information content (AvgIpc) is 2.47. The van der Waals surface area contributed by atoms with Gasteiger partial charge in [0.1, 0.15) is 5.82 Å². The van der Waals surface area contributed by atoms with Crippen LogP contribution in [-0.4, -0.2) is 22.4 Å². The molecule has 0 aliphatic heterocycles. The quantitative estimate of drug-likeness (QED) is 0.691. The second-order valence-corrected chi connectivity index (χ2v) is 2.89. The van der Waals surface area contributed by atoms with Crippen LogP contribution in [-0.2, 0) is 7.05 Å². The summed E-state index contributed by atoms with van der Waals surface area (Å²) in [7, 11) is 1.90. The Morgan fingerprint density at radius 1 is 1.75 bits per heavy atom. The molecule has 3 N–H and O–H groups in total. The number of nitrogens with zero attached hydrogens (tertiary/aromatic N) is 2. The van der Waals surface area contributed by atoms with Crippen molar-refractivity contribution in [3.8, 4) is 0 Å². The van der Waals surface area contributed by atoms with E-state index in [1.165, 1.54) is 0 Å². The molecule has 0 radical (unpaired) electrons. The summed E-state index contributed by atoms with van der Waals surface area (Å²) in [6.45, 7) is 2.88. The van der Waals surface area contributed by atoms with Gasteiger partial charge in [0.2, 0.25) is 0 Å². The maximum atomic E-state index is 5.75. The van der Waals surface area contributed by atoms with Crippen molar-refractivity contribution in [2.24, 2.45) is 12.8 Å². The predicted octanol–water partition coefficient (Wildman–Crippen LogP) is 0.569. The highest BCUT2D eigenvalue weighted by Gasteiger charge is 2.00. The molecule has 0 saturated heterocycles. The number of aryl methyl sites for hydroxylation is 1. The standard InChI is InChI=1S/C8H16N4/c1-3-7(9)6-10-8-4-5-11-12(8)2/h4-5,7,10H,3,6,9H2,1-2H3. The summed E-state index contributed by atoms with van der Waals surface area (Å²) in [4.78, 5) is 0. The average molecular weight is 168 g/mol. The van der Waals surface area contributed by atoms with Crippen molar-refractivity contribution in [1.29, 1.82) is 0 Å². The SMILES string of the molecule is CCC(N)CNc1ccnn1C. The first-order chi connectivity index (χ1) is 5.74. The van der Waals surface area contributed by atoms with Gasteiger partial charge in [0.05, 0.1) is 6.20 Å². The largest absolute Gasteiger partial charge is 0.369 e. The Bertz CT molecular complexity index is 231. The Kier molecular flexibility index (Phi) is 3.10. The van der Waals surface area contributed by atoms with Gasteiger partial charge in [0.25, 0.3) is 0 Å². The van der Waals surface area contributed by atoms with Gasteiger partial charge in [0.15, 0.2) is 0 Å². The van der Waals surface area contributed by atoms with Gasteiger partial charge in [-0.25, -0.2) is 0 Å². The molecule has 68 valence electrons. The van der Waals surface area contributed by atoms with Gasteiger partial charge >= 0.3 is 0 Å². The molecule has 12 heavy (non-hydrogen) atoms. The van der Waals surface area contributed by atoms with E-state index in [-0.39, 0.29) is 6.04 Å². The maximum Gasteiger partial charge on any atom is 0.123 e. The van der Waals surface area contributed by atoms with Crippen LogP contribution in [0.3, 0.4) is 0 Å². The van der Waals surface area contributed by atoms with Crippen molar-refractivity contribution < 1.29 is 0 Å². The lowest BCUT2D eigenvalue weighted by atomic mass is 10.2. The van der Waals surface area contributed by atoms with E-state index >= 15 is 0 Å². The second-order valence-electron chi connectivity index (χ2n) is 2.89. The minimum absolute atomic E-state index is 0.222. The number of nitrogens with two attached hydrogens (primary N) is 1. The highest BCUT2D eigenvalue weighted by molar-refractivity contribution is 5.33. The van der Waals surface area contributed by atoms with Crippen molar-refractivity contribution in [2.75, 3.05) is 11.9 Å². The van der Waals surface area contributed by atoms with Crippen LogP contribution in [0.1, 0.15) is 13.3 Å². The first-order valence-electron chi connectivity index (χ1n) is 4.21. The highest BCUT2D eigenvalue weighted by atomic mass is 15.3. The number of hydrogen-bond donors (Lipinski definition) is 2. The van der Waals surface area contributed by atoms with E-state index in [1.54, 1.807) is 10.9 Å². The Hall–Kier alpha value is -1.03. The Morgan fingerprint density at radius 2 is 2.50 bits per heavy atom. The fraction of sp³-hybridized carbons (Fsp3) is 0.625. The van der Waals surface area contributed by atoms with Crippen LogP contribution in [0.15, 0.2) is 12.3 Å². The molecular formula is C8H16N4. The number of anilines is 1. The summed E-state index contributed by atoms with van der Waals surface area (Å²) in [6, 6.07) is 2.16. The first-order valence-corrected chi connectivity index (χ1v) is 4.21. The molecule has 0 aliphatic rings. The normalized spacial score (nSPS) is 12.9. The molecule has 0 bridgehead atoms. The van der Waals surface area contributed by atoms with E-state index in [0.717, 1.165) is 18.8 Å². The van der Waals surface area contributed by atoms with E-state index in [4.69, 9.17) is 5.73 Å². The summed E-state index contributed by atoms with van der Waals surface area (Å²) in [5, 5.41) is 7.25. The van der Waals surface area contributed by atoms with Gasteiger partial charge in [-0.3, -0.25) is 4.68 Å². The molecule has 0 saturated carbocycles. The van der Waals surface area contributed by atoms with Crippen LogP contribution in [0, 0.1) is 0 Å². The summed E-state index contributed by atoms with van der Waals surface area (Å²) in [5.41, 5.74) is 5.75. The number of aromatic nitrogens is 2. The fourth-order valence-electron chi connectivity index (χ4n) is 0.927. The second kappa shape index (κ2) is 4.11. The molecule has 4 heteroatoms. The first kappa shape index (κ1) is 9.06. The van der Waals surface area contributed by atoms with Crippen LogP contribution in [0.25, 0.3) is 0 Å². The summed E-state index contributed by atoms with van der Waals surface area (Å²) >= 11 is 0. The predicted molar refractivity (Wildman–Crippen MR) is 50.0 cm³/mol. The minimum Gasteiger partial charge on any atom is -0.369 e. The molecule has 1 rings (SSSR count).